The Morgan fingerprint density at radius 1 is 1.21 bits per heavy atom. The predicted molar refractivity (Wildman–Crippen MR) is 106 cm³/mol. The van der Waals surface area contributed by atoms with Crippen molar-refractivity contribution in [3.05, 3.63) is 32.2 Å². The maximum Gasteiger partial charge on any atom is 0.341 e. The van der Waals surface area contributed by atoms with Crippen molar-refractivity contribution in [1.82, 2.24) is 10.2 Å². The number of hydrogen-bond acceptors (Lipinski definition) is 5. The van der Waals surface area contributed by atoms with E-state index in [0.29, 0.717) is 14.5 Å². The molecule has 4 amide bonds. The second kappa shape index (κ2) is 8.44. The molecule has 1 aromatic carbocycles. The number of carbonyl (C=O) groups excluding carboxylic acids is 3. The molecule has 0 aromatic heterocycles. The van der Waals surface area contributed by atoms with Crippen LogP contribution in [0.25, 0.3) is 6.08 Å². The Balaban J connectivity index is 1.90. The van der Waals surface area contributed by atoms with Gasteiger partial charge in [-0.15, -0.1) is 0 Å². The fraction of sp³-hybridized carbons (Fsp3) is 0.333. The van der Waals surface area contributed by atoms with Gasteiger partial charge in [0.2, 0.25) is 0 Å². The lowest BCUT2D eigenvalue weighted by molar-refractivity contribution is -0.139. The largest absolute Gasteiger partial charge is 0.480 e. The number of imide groups is 2. The lowest BCUT2D eigenvalue weighted by atomic mass is 10.1. The van der Waals surface area contributed by atoms with E-state index in [4.69, 9.17) is 9.84 Å². The fourth-order valence-electron chi connectivity index (χ4n) is 3.27. The zero-order valence-electron chi connectivity index (χ0n) is 14.5. The molecule has 1 saturated carbocycles. The molecule has 3 rings (SSSR count). The van der Waals surface area contributed by atoms with Gasteiger partial charge in [-0.1, -0.05) is 12.8 Å². The van der Waals surface area contributed by atoms with Crippen LogP contribution in [0, 0.1) is 0 Å². The van der Waals surface area contributed by atoms with Gasteiger partial charge in [-0.25, -0.2) is 9.59 Å². The Kier molecular flexibility index (Phi) is 6.19. The number of nitrogens with zero attached hydrogens (tertiary/aromatic N) is 1. The summed E-state index contributed by atoms with van der Waals surface area (Å²) in [6.45, 7) is -0.517. The highest BCUT2D eigenvalue weighted by Gasteiger charge is 2.40. The molecule has 1 saturated heterocycles. The summed E-state index contributed by atoms with van der Waals surface area (Å²) in [5.41, 5.74) is 0.366. The number of carboxylic acid groups (broad SMARTS) is 1. The molecule has 0 unspecified atom stereocenters. The average Bonchev–Trinajstić information content (AvgIpc) is 3.11. The monoisotopic (exact) mass is 514 g/mol. The molecule has 148 valence electrons. The number of amides is 4. The molecule has 8 nitrogen and oxygen atoms in total. The minimum Gasteiger partial charge on any atom is -0.480 e. The van der Waals surface area contributed by atoms with Crippen LogP contribution in [0.3, 0.4) is 0 Å². The zero-order chi connectivity index (χ0) is 20.4. The first-order chi connectivity index (χ1) is 13.3. The van der Waals surface area contributed by atoms with Crippen molar-refractivity contribution in [2.45, 2.75) is 31.7 Å². The van der Waals surface area contributed by atoms with Crippen molar-refractivity contribution in [3.63, 3.8) is 0 Å². The van der Waals surface area contributed by atoms with Crippen molar-refractivity contribution < 1.29 is 29.0 Å². The SMILES string of the molecule is O=C(O)COc1c(Br)cc(/C=C2\C(=O)NC(=O)N(C3CCCC3)C2=O)cc1Br. The molecule has 2 N–H and O–H groups in total. The molecule has 0 atom stereocenters. The van der Waals surface area contributed by atoms with Crippen molar-refractivity contribution in [2.24, 2.45) is 0 Å². The molecule has 1 aliphatic carbocycles. The smallest absolute Gasteiger partial charge is 0.341 e. The molecule has 2 aliphatic rings. The predicted octanol–water partition coefficient (Wildman–Crippen LogP) is 3.08. The molecule has 1 heterocycles. The number of urea groups is 1. The number of aliphatic carboxylic acids is 1. The molecule has 0 radical (unpaired) electrons. The summed E-state index contributed by atoms with van der Waals surface area (Å²) in [6.07, 6.45) is 4.72. The maximum absolute atomic E-state index is 12.8. The van der Waals surface area contributed by atoms with E-state index in [1.807, 2.05) is 0 Å². The van der Waals surface area contributed by atoms with Gasteiger partial charge in [-0.2, -0.15) is 0 Å². The molecule has 28 heavy (non-hydrogen) atoms. The summed E-state index contributed by atoms with van der Waals surface area (Å²) in [7, 11) is 0. The first-order valence-electron chi connectivity index (χ1n) is 8.52. The number of rotatable bonds is 5. The van der Waals surface area contributed by atoms with Crippen molar-refractivity contribution in [3.8, 4) is 5.75 Å². The van der Waals surface area contributed by atoms with Crippen LogP contribution < -0.4 is 10.1 Å². The second-order valence-corrected chi connectivity index (χ2v) is 8.14. The highest BCUT2D eigenvalue weighted by molar-refractivity contribution is 9.11. The van der Waals surface area contributed by atoms with Crippen LogP contribution in [-0.4, -0.2) is 46.5 Å². The van der Waals surface area contributed by atoms with E-state index in [-0.39, 0.29) is 17.4 Å². The molecule has 1 aromatic rings. The summed E-state index contributed by atoms with van der Waals surface area (Å²) < 4.78 is 6.10. The Morgan fingerprint density at radius 3 is 2.39 bits per heavy atom. The molecule has 1 aliphatic heterocycles. The number of benzene rings is 1. The Hall–Kier alpha value is -2.20. The van der Waals surface area contributed by atoms with Crippen molar-refractivity contribution in [2.75, 3.05) is 6.61 Å². The zero-order valence-corrected chi connectivity index (χ0v) is 17.7. The van der Waals surface area contributed by atoms with Gasteiger partial charge in [0, 0.05) is 6.04 Å². The Bertz CT molecular complexity index is 869. The number of ether oxygens (including phenoxy) is 1. The highest BCUT2D eigenvalue weighted by atomic mass is 79.9. The van der Waals surface area contributed by atoms with E-state index >= 15 is 0 Å². The molecule has 0 bridgehead atoms. The van der Waals surface area contributed by atoms with E-state index in [2.05, 4.69) is 37.2 Å². The standard InChI is InChI=1S/C18H16Br2N2O6/c19-12-6-9(7-13(20)15(12)28-8-14(23)24)5-11-16(25)21-18(27)22(17(11)26)10-3-1-2-4-10/h5-7,10H,1-4,8H2,(H,23,24)(H,21,25,27)/b11-5+. The lowest BCUT2D eigenvalue weighted by Crippen LogP contribution is -2.57. The van der Waals surface area contributed by atoms with E-state index in [1.165, 1.54) is 6.08 Å². The van der Waals surface area contributed by atoms with Gasteiger partial charge in [0.25, 0.3) is 11.8 Å². The second-order valence-electron chi connectivity index (χ2n) is 6.43. The van der Waals surface area contributed by atoms with E-state index in [1.54, 1.807) is 12.1 Å². The summed E-state index contributed by atoms with van der Waals surface area (Å²) in [5, 5.41) is 11.0. The third kappa shape index (κ3) is 4.27. The third-order valence-electron chi connectivity index (χ3n) is 4.49. The maximum atomic E-state index is 12.8. The van der Waals surface area contributed by atoms with Crippen LogP contribution in [0.5, 0.6) is 5.75 Å². The Morgan fingerprint density at radius 2 is 1.82 bits per heavy atom. The van der Waals surface area contributed by atoms with Crippen LogP contribution in [0.4, 0.5) is 4.79 Å². The number of hydrogen-bond donors (Lipinski definition) is 2. The molecule has 2 fully saturated rings. The van der Waals surface area contributed by atoms with Gasteiger partial charge in [-0.05, 0) is 68.5 Å². The number of nitrogens with one attached hydrogen (secondary N) is 1. The molecular formula is C18H16Br2N2O6. The van der Waals surface area contributed by atoms with E-state index in [9.17, 15) is 19.2 Å². The number of carbonyl (C=O) groups is 4. The first-order valence-corrected chi connectivity index (χ1v) is 10.1. The van der Waals surface area contributed by atoms with Gasteiger partial charge in [0.1, 0.15) is 11.3 Å². The summed E-state index contributed by atoms with van der Waals surface area (Å²) in [4.78, 5) is 49.0. The molecular weight excluding hydrogens is 500 g/mol. The number of halogens is 2. The Labute approximate surface area is 177 Å². The van der Waals surface area contributed by atoms with E-state index < -0.39 is 30.4 Å². The normalized spacial score (nSPS) is 19.3. The lowest BCUT2D eigenvalue weighted by Gasteiger charge is -2.31. The topological polar surface area (TPSA) is 113 Å². The quantitative estimate of drug-likeness (QED) is 0.460. The number of barbiturate groups is 1. The van der Waals surface area contributed by atoms with Crippen molar-refractivity contribution >= 4 is 61.8 Å². The van der Waals surface area contributed by atoms with Crippen LogP contribution in [0.2, 0.25) is 0 Å². The van der Waals surface area contributed by atoms with E-state index in [0.717, 1.165) is 30.6 Å². The molecule has 0 spiro atoms. The average molecular weight is 516 g/mol. The number of carboxylic acids is 1. The van der Waals surface area contributed by atoms with Gasteiger partial charge < -0.3 is 9.84 Å². The van der Waals surface area contributed by atoms with Gasteiger partial charge >= 0.3 is 12.0 Å². The summed E-state index contributed by atoms with van der Waals surface area (Å²) >= 11 is 6.58. The highest BCUT2D eigenvalue weighted by Crippen LogP contribution is 2.36. The van der Waals surface area contributed by atoms with Gasteiger partial charge in [0.05, 0.1) is 8.95 Å². The van der Waals surface area contributed by atoms with Crippen LogP contribution in [0.15, 0.2) is 26.7 Å². The minimum absolute atomic E-state index is 0.135. The first kappa shape index (κ1) is 20.5. The minimum atomic E-state index is -1.12. The van der Waals surface area contributed by atoms with Crippen molar-refractivity contribution in [1.29, 1.82) is 0 Å². The van der Waals surface area contributed by atoms with Crippen LogP contribution in [0.1, 0.15) is 31.2 Å². The van der Waals surface area contributed by atoms with Crippen LogP contribution in [-0.2, 0) is 14.4 Å². The fourth-order valence-corrected chi connectivity index (χ4v) is 4.72. The van der Waals surface area contributed by atoms with Crippen LogP contribution >= 0.6 is 31.9 Å². The summed E-state index contributed by atoms with van der Waals surface area (Å²) in [6, 6.07) is 2.30. The van der Waals surface area contributed by atoms with Gasteiger partial charge in [0.15, 0.2) is 6.61 Å². The summed E-state index contributed by atoms with van der Waals surface area (Å²) in [5.74, 6) is -2.19. The van der Waals surface area contributed by atoms with Gasteiger partial charge in [-0.3, -0.25) is 19.8 Å². The third-order valence-corrected chi connectivity index (χ3v) is 5.67. The molecule has 10 heteroatoms.